The molecule has 0 amide bonds. The number of aliphatic hydroxyl groups is 1. The van der Waals surface area contributed by atoms with Gasteiger partial charge in [0.1, 0.15) is 17.5 Å². The lowest BCUT2D eigenvalue weighted by Crippen LogP contribution is -2.72. The van der Waals surface area contributed by atoms with Gasteiger partial charge in [0.2, 0.25) is 0 Å². The fourth-order valence-electron chi connectivity index (χ4n) is 7.56. The SMILES string of the molecule is C[C@H]1c2ccoc2C[C@H]2[C@H]1C[C@@H](OC(=O)c1ccccc1)[C@@]1(O)C(C)(C)CCC[C@]21C. The van der Waals surface area contributed by atoms with E-state index < -0.39 is 11.7 Å². The average molecular weight is 423 g/mol. The molecule has 2 fully saturated rings. The second-order valence-electron chi connectivity index (χ2n) is 11.0. The summed E-state index contributed by atoms with van der Waals surface area (Å²) in [5, 5.41) is 12.5. The van der Waals surface area contributed by atoms with Gasteiger partial charge in [-0.05, 0) is 66.2 Å². The van der Waals surface area contributed by atoms with Crippen molar-refractivity contribution in [3.05, 3.63) is 59.5 Å². The first-order valence-electron chi connectivity index (χ1n) is 11.7. The molecule has 1 N–H and O–H groups in total. The van der Waals surface area contributed by atoms with Crippen molar-refractivity contribution < 1.29 is 19.1 Å². The molecule has 0 unspecified atom stereocenters. The van der Waals surface area contributed by atoms with Gasteiger partial charge >= 0.3 is 5.97 Å². The third kappa shape index (κ3) is 2.80. The summed E-state index contributed by atoms with van der Waals surface area (Å²) in [5.74, 6) is 1.70. The maximum atomic E-state index is 13.1. The second kappa shape index (κ2) is 6.96. The van der Waals surface area contributed by atoms with Crippen LogP contribution in [0.4, 0.5) is 0 Å². The van der Waals surface area contributed by atoms with Gasteiger partial charge in [-0.3, -0.25) is 0 Å². The number of benzene rings is 1. The van der Waals surface area contributed by atoms with Gasteiger partial charge in [0.25, 0.3) is 0 Å². The minimum Gasteiger partial charge on any atom is -0.469 e. The van der Waals surface area contributed by atoms with Crippen LogP contribution in [0, 0.1) is 22.7 Å². The smallest absolute Gasteiger partial charge is 0.338 e. The number of rotatable bonds is 2. The minimum atomic E-state index is -1.09. The van der Waals surface area contributed by atoms with Crippen LogP contribution in [0.25, 0.3) is 0 Å². The van der Waals surface area contributed by atoms with Crippen molar-refractivity contribution in [2.75, 3.05) is 0 Å². The van der Waals surface area contributed by atoms with Crippen molar-refractivity contribution in [1.29, 1.82) is 0 Å². The highest BCUT2D eigenvalue weighted by Crippen LogP contribution is 2.67. The van der Waals surface area contributed by atoms with Crippen LogP contribution in [0.15, 0.2) is 47.1 Å². The maximum Gasteiger partial charge on any atom is 0.338 e. The Morgan fingerprint density at radius 1 is 1.13 bits per heavy atom. The highest BCUT2D eigenvalue weighted by molar-refractivity contribution is 5.89. The molecule has 0 spiro atoms. The van der Waals surface area contributed by atoms with Crippen LogP contribution >= 0.6 is 0 Å². The predicted molar refractivity (Wildman–Crippen MR) is 119 cm³/mol. The van der Waals surface area contributed by atoms with Gasteiger partial charge in [-0.2, -0.15) is 0 Å². The molecule has 2 saturated carbocycles. The van der Waals surface area contributed by atoms with Crippen molar-refractivity contribution in [2.24, 2.45) is 22.7 Å². The number of esters is 1. The Balaban J connectivity index is 1.58. The van der Waals surface area contributed by atoms with E-state index in [9.17, 15) is 9.90 Å². The predicted octanol–water partition coefficient (Wildman–Crippen LogP) is 5.75. The average Bonchev–Trinajstić information content (AvgIpc) is 3.21. The minimum absolute atomic E-state index is 0.303. The third-order valence-corrected chi connectivity index (χ3v) is 9.26. The summed E-state index contributed by atoms with van der Waals surface area (Å²) in [6.07, 6.45) is 5.75. The van der Waals surface area contributed by atoms with Gasteiger partial charge < -0.3 is 14.3 Å². The molecule has 3 aliphatic carbocycles. The number of ether oxygens (including phenoxy) is 1. The van der Waals surface area contributed by atoms with Gasteiger partial charge in [-0.1, -0.05) is 52.3 Å². The molecule has 0 saturated heterocycles. The van der Waals surface area contributed by atoms with Crippen LogP contribution in [0.5, 0.6) is 0 Å². The molecule has 0 bridgehead atoms. The van der Waals surface area contributed by atoms with Crippen LogP contribution < -0.4 is 0 Å². The number of hydrogen-bond donors (Lipinski definition) is 1. The summed E-state index contributed by atoms with van der Waals surface area (Å²) >= 11 is 0. The lowest BCUT2D eigenvalue weighted by molar-refractivity contribution is -0.285. The summed E-state index contributed by atoms with van der Waals surface area (Å²) in [4.78, 5) is 13.1. The molecule has 0 radical (unpaired) electrons. The molecule has 3 aliphatic rings. The lowest BCUT2D eigenvalue weighted by Gasteiger charge is -2.67. The molecule has 1 heterocycles. The summed E-state index contributed by atoms with van der Waals surface area (Å²) in [6.45, 7) is 8.81. The fourth-order valence-corrected chi connectivity index (χ4v) is 7.56. The molecule has 2 aromatic rings. The lowest BCUT2D eigenvalue weighted by atomic mass is 9.40. The van der Waals surface area contributed by atoms with Crippen molar-refractivity contribution in [1.82, 2.24) is 0 Å². The molecule has 0 aliphatic heterocycles. The highest BCUT2D eigenvalue weighted by Gasteiger charge is 2.70. The van der Waals surface area contributed by atoms with E-state index in [1.807, 2.05) is 18.2 Å². The van der Waals surface area contributed by atoms with Gasteiger partial charge in [-0.25, -0.2) is 4.79 Å². The normalized spacial score (nSPS) is 38.5. The van der Waals surface area contributed by atoms with Gasteiger partial charge in [0.05, 0.1) is 11.8 Å². The van der Waals surface area contributed by atoms with E-state index in [-0.39, 0.29) is 16.8 Å². The topological polar surface area (TPSA) is 59.7 Å². The monoisotopic (exact) mass is 422 g/mol. The first kappa shape index (κ1) is 20.8. The van der Waals surface area contributed by atoms with E-state index in [2.05, 4.69) is 33.8 Å². The van der Waals surface area contributed by atoms with E-state index >= 15 is 0 Å². The molecule has 1 aromatic heterocycles. The Bertz CT molecular complexity index is 976. The molecular weight excluding hydrogens is 388 g/mol. The summed E-state index contributed by atoms with van der Waals surface area (Å²) in [7, 11) is 0. The molecule has 1 aromatic carbocycles. The highest BCUT2D eigenvalue weighted by atomic mass is 16.6. The number of hydrogen-bond acceptors (Lipinski definition) is 4. The van der Waals surface area contributed by atoms with E-state index in [0.717, 1.165) is 31.4 Å². The first-order chi connectivity index (χ1) is 14.7. The van der Waals surface area contributed by atoms with Crippen LogP contribution in [0.1, 0.15) is 81.0 Å². The van der Waals surface area contributed by atoms with Crippen molar-refractivity contribution in [3.63, 3.8) is 0 Å². The largest absolute Gasteiger partial charge is 0.469 e. The Morgan fingerprint density at radius 3 is 2.61 bits per heavy atom. The van der Waals surface area contributed by atoms with Crippen molar-refractivity contribution in [3.8, 4) is 0 Å². The van der Waals surface area contributed by atoms with E-state index in [1.54, 1.807) is 18.4 Å². The Hall–Kier alpha value is -2.07. The molecule has 31 heavy (non-hydrogen) atoms. The van der Waals surface area contributed by atoms with Crippen molar-refractivity contribution in [2.45, 2.75) is 77.4 Å². The molecule has 6 atom stereocenters. The second-order valence-corrected chi connectivity index (χ2v) is 11.0. The number of fused-ring (bicyclic) bond motifs is 4. The van der Waals surface area contributed by atoms with Crippen molar-refractivity contribution >= 4 is 5.97 Å². The zero-order valence-corrected chi connectivity index (χ0v) is 19.1. The van der Waals surface area contributed by atoms with E-state index in [4.69, 9.17) is 9.15 Å². The number of carbonyl (C=O) groups excluding carboxylic acids is 1. The van der Waals surface area contributed by atoms with E-state index in [1.165, 1.54) is 5.56 Å². The van der Waals surface area contributed by atoms with Crippen LogP contribution in [-0.4, -0.2) is 22.8 Å². The molecule has 4 nitrogen and oxygen atoms in total. The Morgan fingerprint density at radius 2 is 1.87 bits per heavy atom. The van der Waals surface area contributed by atoms with Gasteiger partial charge in [-0.15, -0.1) is 0 Å². The van der Waals surface area contributed by atoms with E-state index in [0.29, 0.717) is 29.7 Å². The molecule has 166 valence electrons. The summed E-state index contributed by atoms with van der Waals surface area (Å²) < 4.78 is 12.1. The zero-order chi connectivity index (χ0) is 22.0. The number of furan rings is 1. The van der Waals surface area contributed by atoms with Crippen LogP contribution in [0.2, 0.25) is 0 Å². The quantitative estimate of drug-likeness (QED) is 0.626. The molecule has 5 rings (SSSR count). The first-order valence-corrected chi connectivity index (χ1v) is 11.7. The number of carbonyl (C=O) groups is 1. The zero-order valence-electron chi connectivity index (χ0n) is 19.1. The summed E-state index contributed by atoms with van der Waals surface area (Å²) in [5.41, 5.74) is 0.0289. The molecular formula is C27H34O4. The van der Waals surface area contributed by atoms with Crippen LogP contribution in [0.3, 0.4) is 0 Å². The maximum absolute atomic E-state index is 13.1. The standard InChI is InChI=1S/C27H34O4/c1-17-19-11-14-30-22(19)16-21-20(17)15-23(31-24(28)18-9-6-5-7-10-18)27(29)25(2,3)12-8-13-26(21,27)4/h5-7,9-11,14,17,20-21,23,29H,8,12-13,15-16H2,1-4H3/t17-,20-,21-,23+,26+,27+/m0/s1. The van der Waals surface area contributed by atoms with Crippen LogP contribution in [-0.2, 0) is 11.2 Å². The van der Waals surface area contributed by atoms with Gasteiger partial charge in [0, 0.05) is 11.8 Å². The third-order valence-electron chi connectivity index (χ3n) is 9.26. The Kier molecular flexibility index (Phi) is 4.68. The molecule has 4 heteroatoms. The van der Waals surface area contributed by atoms with Gasteiger partial charge in [0.15, 0.2) is 0 Å². The fraction of sp³-hybridized carbons (Fsp3) is 0.593. The summed E-state index contributed by atoms with van der Waals surface area (Å²) in [6, 6.07) is 11.2. The Labute approximate surface area is 185 Å².